The number of hydrogen-bond acceptors (Lipinski definition) is 4. The molecule has 0 aliphatic heterocycles. The molecule has 0 saturated heterocycles. The molecule has 0 radical (unpaired) electrons. The third-order valence-corrected chi connectivity index (χ3v) is 5.76. The van der Waals surface area contributed by atoms with E-state index in [0.29, 0.717) is 36.2 Å². The van der Waals surface area contributed by atoms with Crippen molar-refractivity contribution >= 4 is 22.4 Å². The van der Waals surface area contributed by atoms with Crippen molar-refractivity contribution in [2.45, 2.75) is 38.5 Å². The number of furan rings is 1. The molecular weight excluding hydrogens is 363 g/mol. The maximum absolute atomic E-state index is 13.0. The summed E-state index contributed by atoms with van der Waals surface area (Å²) in [5.74, 6) is 2.85. The van der Waals surface area contributed by atoms with Crippen LogP contribution in [0.15, 0.2) is 47.0 Å². The smallest absolute Gasteiger partial charge is 0.226 e. The van der Waals surface area contributed by atoms with Gasteiger partial charge in [0.15, 0.2) is 5.13 Å². The summed E-state index contributed by atoms with van der Waals surface area (Å²) < 4.78 is 18.8. The number of aryl methyl sites for hydroxylation is 1. The molecule has 6 heteroatoms. The highest BCUT2D eigenvalue weighted by molar-refractivity contribution is 7.15. The second-order valence-electron chi connectivity index (χ2n) is 7.11. The van der Waals surface area contributed by atoms with Crippen molar-refractivity contribution in [3.8, 4) is 0 Å². The van der Waals surface area contributed by atoms with Crippen LogP contribution in [0.2, 0.25) is 0 Å². The molecule has 4 rings (SSSR count). The largest absolute Gasteiger partial charge is 0.466 e. The first kappa shape index (κ1) is 17.9. The predicted octanol–water partition coefficient (Wildman–Crippen LogP) is 5.16. The predicted molar refractivity (Wildman–Crippen MR) is 104 cm³/mol. The Balaban J connectivity index is 1.26. The van der Waals surface area contributed by atoms with Crippen molar-refractivity contribution in [1.82, 2.24) is 4.98 Å². The zero-order valence-electron chi connectivity index (χ0n) is 15.1. The van der Waals surface area contributed by atoms with E-state index in [4.69, 9.17) is 4.42 Å². The Hall–Kier alpha value is -2.47. The van der Waals surface area contributed by atoms with Crippen molar-refractivity contribution in [3.63, 3.8) is 0 Å². The fourth-order valence-corrected chi connectivity index (χ4v) is 3.98. The van der Waals surface area contributed by atoms with Crippen molar-refractivity contribution in [3.05, 3.63) is 70.4 Å². The molecule has 1 amide bonds. The summed E-state index contributed by atoms with van der Waals surface area (Å²) in [6.07, 6.45) is 4.56. The molecule has 0 unspecified atom stereocenters. The Kier molecular flexibility index (Phi) is 5.07. The fourth-order valence-electron chi connectivity index (χ4n) is 3.12. The normalized spacial score (nSPS) is 18.4. The minimum absolute atomic E-state index is 0.0737. The summed E-state index contributed by atoms with van der Waals surface area (Å²) in [5, 5.41) is 3.43. The molecule has 2 heterocycles. The van der Waals surface area contributed by atoms with Gasteiger partial charge in [-0.3, -0.25) is 4.79 Å². The lowest BCUT2D eigenvalue weighted by Crippen LogP contribution is -2.11. The number of thiazole rings is 1. The second-order valence-corrected chi connectivity index (χ2v) is 8.22. The van der Waals surface area contributed by atoms with E-state index in [9.17, 15) is 9.18 Å². The maximum atomic E-state index is 13.0. The van der Waals surface area contributed by atoms with Gasteiger partial charge < -0.3 is 9.73 Å². The van der Waals surface area contributed by atoms with Crippen LogP contribution < -0.4 is 5.32 Å². The summed E-state index contributed by atoms with van der Waals surface area (Å²) in [4.78, 5) is 17.4. The van der Waals surface area contributed by atoms with Gasteiger partial charge in [0.25, 0.3) is 0 Å². The summed E-state index contributed by atoms with van der Waals surface area (Å²) >= 11 is 1.44. The van der Waals surface area contributed by atoms with Gasteiger partial charge in [-0.2, -0.15) is 0 Å². The van der Waals surface area contributed by atoms with Gasteiger partial charge in [0.1, 0.15) is 17.3 Å². The van der Waals surface area contributed by atoms with Crippen LogP contribution in [0, 0.1) is 11.7 Å². The van der Waals surface area contributed by atoms with Gasteiger partial charge in [-0.05, 0) is 42.2 Å². The van der Waals surface area contributed by atoms with Gasteiger partial charge in [0, 0.05) is 36.3 Å². The number of rotatable bonds is 7. The minimum Gasteiger partial charge on any atom is -0.466 e. The molecule has 1 N–H and O–H groups in total. The summed E-state index contributed by atoms with van der Waals surface area (Å²) in [6, 6.07) is 10.4. The summed E-state index contributed by atoms with van der Waals surface area (Å²) in [5.41, 5.74) is 1.01. The standard InChI is InChI=1S/C21H21FN2O2S/c1-13-10-18(13)19-8-6-16(26-19)7-9-20(25)24-21-23-12-17(27-21)11-14-2-4-15(22)5-3-14/h2-6,8,12-13,18H,7,9-11H2,1H3,(H,23,24,25)/t13-,18+/m0/s1. The van der Waals surface area contributed by atoms with Crippen LogP contribution in [-0.2, 0) is 17.6 Å². The second kappa shape index (κ2) is 7.64. The monoisotopic (exact) mass is 384 g/mol. The molecule has 1 aliphatic carbocycles. The lowest BCUT2D eigenvalue weighted by atomic mass is 10.1. The Labute approximate surface area is 161 Å². The quantitative estimate of drug-likeness (QED) is 0.612. The molecule has 3 aromatic rings. The SMILES string of the molecule is C[C@H]1C[C@H]1c1ccc(CCC(=O)Nc2ncc(Cc3ccc(F)cc3)s2)o1. The lowest BCUT2D eigenvalue weighted by molar-refractivity contribution is -0.116. The molecule has 0 spiro atoms. The van der Waals surface area contributed by atoms with Crippen LogP contribution in [0.3, 0.4) is 0 Å². The van der Waals surface area contributed by atoms with Crippen LogP contribution in [-0.4, -0.2) is 10.9 Å². The van der Waals surface area contributed by atoms with Gasteiger partial charge in [-0.25, -0.2) is 9.37 Å². The number of carbonyl (C=O) groups is 1. The first-order valence-electron chi connectivity index (χ1n) is 9.14. The van der Waals surface area contributed by atoms with Gasteiger partial charge >= 0.3 is 0 Å². The van der Waals surface area contributed by atoms with Crippen LogP contribution in [0.25, 0.3) is 0 Å². The van der Waals surface area contributed by atoms with Crippen LogP contribution >= 0.6 is 11.3 Å². The number of anilines is 1. The number of carbonyl (C=O) groups excluding carboxylic acids is 1. The minimum atomic E-state index is -0.244. The molecule has 2 atom stereocenters. The van der Waals surface area contributed by atoms with Crippen LogP contribution in [0.1, 0.15) is 47.6 Å². The van der Waals surface area contributed by atoms with Crippen molar-refractivity contribution < 1.29 is 13.6 Å². The number of halogens is 1. The van der Waals surface area contributed by atoms with Crippen LogP contribution in [0.4, 0.5) is 9.52 Å². The fraction of sp³-hybridized carbons (Fsp3) is 0.333. The molecule has 1 saturated carbocycles. The number of nitrogens with zero attached hydrogens (tertiary/aromatic N) is 1. The Morgan fingerprint density at radius 1 is 1.30 bits per heavy atom. The number of hydrogen-bond donors (Lipinski definition) is 1. The van der Waals surface area contributed by atoms with Gasteiger partial charge in [-0.15, -0.1) is 11.3 Å². The van der Waals surface area contributed by atoms with E-state index < -0.39 is 0 Å². The van der Waals surface area contributed by atoms with Crippen molar-refractivity contribution in [1.29, 1.82) is 0 Å². The molecule has 0 bridgehead atoms. The Morgan fingerprint density at radius 3 is 2.81 bits per heavy atom. The highest BCUT2D eigenvalue weighted by atomic mass is 32.1. The summed E-state index contributed by atoms with van der Waals surface area (Å²) in [6.45, 7) is 2.22. The van der Waals surface area contributed by atoms with E-state index in [1.54, 1.807) is 18.3 Å². The van der Waals surface area contributed by atoms with E-state index in [1.807, 2.05) is 12.1 Å². The first-order chi connectivity index (χ1) is 13.1. The molecule has 140 valence electrons. The Morgan fingerprint density at radius 2 is 2.07 bits per heavy atom. The van der Waals surface area contributed by atoms with Crippen LogP contribution in [0.5, 0.6) is 0 Å². The maximum Gasteiger partial charge on any atom is 0.226 e. The topological polar surface area (TPSA) is 55.1 Å². The highest BCUT2D eigenvalue weighted by Crippen LogP contribution is 2.47. The number of benzene rings is 1. The number of amides is 1. The van der Waals surface area contributed by atoms with Gasteiger partial charge in [0.05, 0.1) is 0 Å². The molecule has 1 aliphatic rings. The van der Waals surface area contributed by atoms with E-state index in [-0.39, 0.29) is 11.7 Å². The number of nitrogens with one attached hydrogen (secondary N) is 1. The van der Waals surface area contributed by atoms with Gasteiger partial charge in [0.2, 0.25) is 5.91 Å². The van der Waals surface area contributed by atoms with E-state index in [2.05, 4.69) is 17.2 Å². The summed E-state index contributed by atoms with van der Waals surface area (Å²) in [7, 11) is 0. The molecule has 4 nitrogen and oxygen atoms in total. The first-order valence-corrected chi connectivity index (χ1v) is 9.96. The van der Waals surface area contributed by atoms with Crippen molar-refractivity contribution in [2.24, 2.45) is 5.92 Å². The zero-order valence-corrected chi connectivity index (χ0v) is 15.9. The van der Waals surface area contributed by atoms with Crippen molar-refractivity contribution in [2.75, 3.05) is 5.32 Å². The molecule has 1 aromatic carbocycles. The lowest BCUT2D eigenvalue weighted by Gasteiger charge is -2.00. The highest BCUT2D eigenvalue weighted by Gasteiger charge is 2.36. The average Bonchev–Trinajstić information content (AvgIpc) is 3.04. The average molecular weight is 384 g/mol. The van der Waals surface area contributed by atoms with E-state index >= 15 is 0 Å². The number of aromatic nitrogens is 1. The molecular formula is C21H21FN2O2S. The Bertz CT molecular complexity index is 932. The van der Waals surface area contributed by atoms with E-state index in [0.717, 1.165) is 22.0 Å². The van der Waals surface area contributed by atoms with E-state index in [1.165, 1.54) is 29.9 Å². The van der Waals surface area contributed by atoms with Gasteiger partial charge in [-0.1, -0.05) is 19.1 Å². The molecule has 1 fully saturated rings. The third-order valence-electron chi connectivity index (χ3n) is 4.85. The molecule has 27 heavy (non-hydrogen) atoms. The third kappa shape index (κ3) is 4.63. The zero-order chi connectivity index (χ0) is 18.8. The molecule has 2 aromatic heterocycles.